The van der Waals surface area contributed by atoms with Crippen molar-refractivity contribution in [1.29, 1.82) is 0 Å². The van der Waals surface area contributed by atoms with Crippen LogP contribution in [0.1, 0.15) is 40.5 Å². The van der Waals surface area contributed by atoms with Gasteiger partial charge in [0.05, 0.1) is 29.5 Å². The van der Waals surface area contributed by atoms with Crippen molar-refractivity contribution in [2.75, 3.05) is 19.0 Å². The molecule has 0 saturated heterocycles. The lowest BCUT2D eigenvalue weighted by molar-refractivity contribution is 0.0500. The minimum Gasteiger partial charge on any atom is -0.497 e. The summed E-state index contributed by atoms with van der Waals surface area (Å²) in [4.78, 5) is 28.9. The fraction of sp³-hybridized carbons (Fsp3) is 0.238. The van der Waals surface area contributed by atoms with Gasteiger partial charge in [-0.2, -0.15) is 0 Å². The van der Waals surface area contributed by atoms with Gasteiger partial charge < -0.3 is 14.8 Å². The Bertz CT molecular complexity index is 1080. The normalized spacial score (nSPS) is 10.5. The quantitative estimate of drug-likeness (QED) is 0.318. The van der Waals surface area contributed by atoms with Crippen molar-refractivity contribution in [2.45, 2.75) is 19.8 Å². The molecule has 1 aromatic heterocycles. The molecule has 0 unspecified atom stereocenters. The lowest BCUT2D eigenvalue weighted by Gasteiger charge is -2.08. The van der Waals surface area contributed by atoms with Crippen molar-refractivity contribution in [2.24, 2.45) is 0 Å². The number of ether oxygens (including phenoxy) is 2. The second-order valence-corrected chi connectivity index (χ2v) is 7.77. The van der Waals surface area contributed by atoms with Crippen LogP contribution in [0.3, 0.4) is 0 Å². The predicted molar refractivity (Wildman–Crippen MR) is 121 cm³/mol. The number of carbonyl (C=O) groups excluding carboxylic acids is 2. The van der Waals surface area contributed by atoms with Crippen LogP contribution in [-0.2, 0) is 4.74 Å². The monoisotopic (exact) mass is 443 g/mol. The van der Waals surface area contributed by atoms with Crippen molar-refractivity contribution >= 4 is 55.9 Å². The van der Waals surface area contributed by atoms with Gasteiger partial charge in [-0.25, -0.2) is 9.78 Å². The fourth-order valence-corrected chi connectivity index (χ4v) is 3.73. The molecule has 0 aliphatic carbocycles. The van der Waals surface area contributed by atoms with E-state index >= 15 is 0 Å². The van der Waals surface area contributed by atoms with Crippen LogP contribution >= 0.6 is 23.6 Å². The molecule has 0 fully saturated rings. The van der Waals surface area contributed by atoms with Gasteiger partial charge in [0.25, 0.3) is 5.91 Å². The Hall–Kier alpha value is -3.04. The van der Waals surface area contributed by atoms with Crippen LogP contribution in [0, 0.1) is 0 Å². The summed E-state index contributed by atoms with van der Waals surface area (Å²) >= 11 is 6.55. The number of benzene rings is 2. The Morgan fingerprint density at radius 2 is 2.00 bits per heavy atom. The van der Waals surface area contributed by atoms with E-state index in [0.717, 1.165) is 23.1 Å². The minimum atomic E-state index is -0.357. The Balaban J connectivity index is 1.64. The van der Waals surface area contributed by atoms with E-state index in [9.17, 15) is 9.59 Å². The first kappa shape index (κ1) is 21.7. The number of nitrogens with zero attached hydrogens (tertiary/aromatic N) is 1. The van der Waals surface area contributed by atoms with Crippen LogP contribution in [0.2, 0.25) is 0 Å². The van der Waals surface area contributed by atoms with Gasteiger partial charge in [0.1, 0.15) is 5.75 Å². The number of thiazole rings is 1. The van der Waals surface area contributed by atoms with Gasteiger partial charge in [-0.1, -0.05) is 30.7 Å². The number of thiocarbonyl (C=S) groups is 1. The molecule has 2 aromatic carbocycles. The molecule has 156 valence electrons. The first-order chi connectivity index (χ1) is 14.5. The average Bonchev–Trinajstić information content (AvgIpc) is 3.14. The number of nitrogens with one attached hydrogen (secondary N) is 2. The zero-order valence-electron chi connectivity index (χ0n) is 16.6. The Kier molecular flexibility index (Phi) is 7.31. The molecule has 0 aliphatic rings. The van der Waals surface area contributed by atoms with E-state index in [4.69, 9.17) is 21.7 Å². The first-order valence-electron chi connectivity index (χ1n) is 9.34. The van der Waals surface area contributed by atoms with Crippen molar-refractivity contribution in [3.8, 4) is 5.75 Å². The molecule has 0 aliphatic heterocycles. The van der Waals surface area contributed by atoms with Crippen LogP contribution in [-0.4, -0.2) is 35.7 Å². The third-order valence-corrected chi connectivity index (χ3v) is 5.27. The average molecular weight is 444 g/mol. The number of rotatable bonds is 7. The van der Waals surface area contributed by atoms with Crippen LogP contribution in [0.15, 0.2) is 42.5 Å². The lowest BCUT2D eigenvalue weighted by Crippen LogP contribution is -2.34. The number of methoxy groups -OCH3 is 1. The standard InChI is InChI=1S/C21H21N3O4S2/c1-3-4-10-28-19(26)14-8-9-16-17(12-14)30-21(22-16)24-20(29)23-18(25)13-6-5-7-15(11-13)27-2/h5-9,11-12H,3-4,10H2,1-2H3,(H2,22,23,24,25,29). The highest BCUT2D eigenvalue weighted by Gasteiger charge is 2.13. The van der Waals surface area contributed by atoms with E-state index in [2.05, 4.69) is 15.6 Å². The molecular formula is C21H21N3O4S2. The molecule has 0 atom stereocenters. The molecule has 30 heavy (non-hydrogen) atoms. The summed E-state index contributed by atoms with van der Waals surface area (Å²) in [6.07, 6.45) is 1.80. The van der Waals surface area contributed by atoms with Gasteiger partial charge in [0.2, 0.25) is 0 Å². The molecule has 3 aromatic rings. The van der Waals surface area contributed by atoms with Gasteiger partial charge in [-0.3, -0.25) is 10.1 Å². The lowest BCUT2D eigenvalue weighted by atomic mass is 10.2. The summed E-state index contributed by atoms with van der Waals surface area (Å²) < 4.78 is 11.2. The molecular weight excluding hydrogens is 422 g/mol. The highest BCUT2D eigenvalue weighted by molar-refractivity contribution is 7.80. The molecule has 0 bridgehead atoms. The number of unbranched alkanes of at least 4 members (excludes halogenated alkanes) is 1. The maximum Gasteiger partial charge on any atom is 0.338 e. The van der Waals surface area contributed by atoms with Crippen LogP contribution < -0.4 is 15.4 Å². The second kappa shape index (κ2) is 10.1. The summed E-state index contributed by atoms with van der Waals surface area (Å²) in [5, 5.41) is 6.17. The smallest absolute Gasteiger partial charge is 0.338 e. The number of amides is 1. The van der Waals surface area contributed by atoms with Crippen LogP contribution in [0.5, 0.6) is 5.75 Å². The third-order valence-electron chi connectivity index (χ3n) is 4.13. The van der Waals surface area contributed by atoms with Crippen molar-refractivity contribution in [3.05, 3.63) is 53.6 Å². The number of carbonyl (C=O) groups is 2. The van der Waals surface area contributed by atoms with E-state index in [1.54, 1.807) is 42.5 Å². The van der Waals surface area contributed by atoms with Gasteiger partial charge in [0.15, 0.2) is 10.2 Å². The number of hydrogen-bond acceptors (Lipinski definition) is 7. The van der Waals surface area contributed by atoms with E-state index in [0.29, 0.717) is 28.6 Å². The van der Waals surface area contributed by atoms with E-state index < -0.39 is 0 Å². The van der Waals surface area contributed by atoms with Crippen molar-refractivity contribution in [3.63, 3.8) is 0 Å². The van der Waals surface area contributed by atoms with E-state index in [-0.39, 0.29) is 17.0 Å². The zero-order valence-corrected chi connectivity index (χ0v) is 18.2. The molecule has 9 heteroatoms. The SMILES string of the molecule is CCCCOC(=O)c1ccc2nc(NC(=S)NC(=O)c3cccc(OC)c3)sc2c1. The number of fused-ring (bicyclic) bond motifs is 1. The highest BCUT2D eigenvalue weighted by atomic mass is 32.1. The molecule has 0 radical (unpaired) electrons. The molecule has 3 rings (SSSR count). The summed E-state index contributed by atoms with van der Waals surface area (Å²) in [5.41, 5.74) is 1.62. The highest BCUT2D eigenvalue weighted by Crippen LogP contribution is 2.27. The topological polar surface area (TPSA) is 89.5 Å². The largest absolute Gasteiger partial charge is 0.497 e. The Morgan fingerprint density at radius 3 is 2.77 bits per heavy atom. The number of esters is 1. The number of hydrogen-bond donors (Lipinski definition) is 2. The summed E-state index contributed by atoms with van der Waals surface area (Å²) in [6, 6.07) is 11.9. The maximum absolute atomic E-state index is 12.4. The minimum absolute atomic E-state index is 0.126. The molecule has 1 heterocycles. The molecule has 0 saturated carbocycles. The summed E-state index contributed by atoms with van der Waals surface area (Å²) in [7, 11) is 1.53. The van der Waals surface area contributed by atoms with E-state index in [1.165, 1.54) is 18.4 Å². The van der Waals surface area contributed by atoms with Crippen molar-refractivity contribution < 1.29 is 19.1 Å². The van der Waals surface area contributed by atoms with Crippen LogP contribution in [0.25, 0.3) is 10.2 Å². The number of anilines is 1. The Morgan fingerprint density at radius 1 is 1.17 bits per heavy atom. The molecule has 2 N–H and O–H groups in total. The second-order valence-electron chi connectivity index (χ2n) is 6.33. The van der Waals surface area contributed by atoms with Gasteiger partial charge in [-0.15, -0.1) is 0 Å². The van der Waals surface area contributed by atoms with E-state index in [1.807, 2.05) is 6.92 Å². The Labute approximate surface area is 183 Å². The molecule has 0 spiro atoms. The third kappa shape index (κ3) is 5.52. The first-order valence-corrected chi connectivity index (χ1v) is 10.6. The van der Waals surface area contributed by atoms with Gasteiger partial charge >= 0.3 is 5.97 Å². The summed E-state index contributed by atoms with van der Waals surface area (Å²) in [6.45, 7) is 2.44. The molecule has 1 amide bonds. The maximum atomic E-state index is 12.4. The summed E-state index contributed by atoms with van der Waals surface area (Å²) in [5.74, 6) is -0.129. The van der Waals surface area contributed by atoms with Crippen LogP contribution in [0.4, 0.5) is 5.13 Å². The van der Waals surface area contributed by atoms with Crippen molar-refractivity contribution in [1.82, 2.24) is 10.3 Å². The fourth-order valence-electron chi connectivity index (χ4n) is 2.57. The van der Waals surface area contributed by atoms with Gasteiger partial charge in [-0.05, 0) is 55.0 Å². The molecule has 7 nitrogen and oxygen atoms in total. The van der Waals surface area contributed by atoms with Gasteiger partial charge in [0, 0.05) is 5.56 Å². The predicted octanol–water partition coefficient (Wildman–Crippen LogP) is 4.39. The number of aromatic nitrogens is 1. The zero-order chi connectivity index (χ0) is 21.5.